The number of ketones is 1. The van der Waals surface area contributed by atoms with Crippen LogP contribution in [0, 0.1) is 0 Å². The SMILES string of the molecule is CC(=O)c1csc(N2CCOCC2(C)C)n1. The Kier molecular flexibility index (Phi) is 2.99. The number of thiazole rings is 1. The molecule has 16 heavy (non-hydrogen) atoms. The van der Waals surface area contributed by atoms with Gasteiger partial charge in [-0.1, -0.05) is 0 Å². The summed E-state index contributed by atoms with van der Waals surface area (Å²) in [6, 6.07) is 0. The minimum atomic E-state index is -0.0514. The monoisotopic (exact) mass is 240 g/mol. The maximum absolute atomic E-state index is 11.2. The number of rotatable bonds is 2. The third kappa shape index (κ3) is 2.10. The van der Waals surface area contributed by atoms with Gasteiger partial charge in [0.25, 0.3) is 0 Å². The Balaban J connectivity index is 2.25. The van der Waals surface area contributed by atoms with Crippen LogP contribution in [0.2, 0.25) is 0 Å². The number of carbonyl (C=O) groups is 1. The molecule has 0 N–H and O–H groups in total. The second kappa shape index (κ2) is 4.14. The summed E-state index contributed by atoms with van der Waals surface area (Å²) in [5.74, 6) is 0.0218. The first-order chi connectivity index (χ1) is 7.50. The van der Waals surface area contributed by atoms with Gasteiger partial charge in [-0.3, -0.25) is 4.79 Å². The molecule has 1 fully saturated rings. The van der Waals surface area contributed by atoms with Gasteiger partial charge in [-0.15, -0.1) is 11.3 Å². The summed E-state index contributed by atoms with van der Waals surface area (Å²) in [4.78, 5) is 17.8. The van der Waals surface area contributed by atoms with E-state index in [1.54, 1.807) is 6.92 Å². The lowest BCUT2D eigenvalue weighted by Gasteiger charge is -2.41. The molecule has 0 aromatic carbocycles. The quantitative estimate of drug-likeness (QED) is 0.741. The van der Waals surface area contributed by atoms with Crippen LogP contribution in [0.25, 0.3) is 0 Å². The van der Waals surface area contributed by atoms with Crippen LogP contribution in [0.1, 0.15) is 31.3 Å². The van der Waals surface area contributed by atoms with Crippen LogP contribution in [0.3, 0.4) is 0 Å². The van der Waals surface area contributed by atoms with E-state index >= 15 is 0 Å². The largest absolute Gasteiger partial charge is 0.377 e. The fraction of sp³-hybridized carbons (Fsp3) is 0.636. The molecule has 1 aliphatic heterocycles. The first-order valence-electron chi connectivity index (χ1n) is 5.32. The average molecular weight is 240 g/mol. The van der Waals surface area contributed by atoms with Crippen LogP contribution in [0.4, 0.5) is 5.13 Å². The molecule has 1 aliphatic rings. The summed E-state index contributed by atoms with van der Waals surface area (Å²) in [5.41, 5.74) is 0.506. The third-order valence-electron chi connectivity index (χ3n) is 2.73. The normalized spacial score (nSPS) is 19.8. The maximum atomic E-state index is 11.2. The van der Waals surface area contributed by atoms with Gasteiger partial charge in [-0.25, -0.2) is 4.98 Å². The van der Waals surface area contributed by atoms with E-state index in [1.165, 1.54) is 11.3 Å². The van der Waals surface area contributed by atoms with Gasteiger partial charge in [0, 0.05) is 18.8 Å². The highest BCUT2D eigenvalue weighted by Gasteiger charge is 2.32. The van der Waals surface area contributed by atoms with Crippen LogP contribution in [-0.2, 0) is 4.74 Å². The molecule has 5 heteroatoms. The lowest BCUT2D eigenvalue weighted by Crippen LogP contribution is -2.53. The van der Waals surface area contributed by atoms with Gasteiger partial charge in [0.15, 0.2) is 10.9 Å². The summed E-state index contributed by atoms with van der Waals surface area (Å²) in [6.45, 7) is 8.05. The highest BCUT2D eigenvalue weighted by atomic mass is 32.1. The number of nitrogens with zero attached hydrogens (tertiary/aromatic N) is 2. The van der Waals surface area contributed by atoms with Crippen LogP contribution < -0.4 is 4.90 Å². The Bertz CT molecular complexity index is 400. The first-order valence-corrected chi connectivity index (χ1v) is 6.20. The topological polar surface area (TPSA) is 42.4 Å². The van der Waals surface area contributed by atoms with E-state index in [0.29, 0.717) is 12.3 Å². The molecule has 0 aliphatic carbocycles. The van der Waals surface area contributed by atoms with Crippen molar-refractivity contribution >= 4 is 22.3 Å². The lowest BCUT2D eigenvalue weighted by molar-refractivity contribution is 0.0643. The summed E-state index contributed by atoms with van der Waals surface area (Å²) >= 11 is 1.53. The lowest BCUT2D eigenvalue weighted by atomic mass is 10.0. The van der Waals surface area contributed by atoms with E-state index in [-0.39, 0.29) is 11.3 Å². The number of carbonyl (C=O) groups excluding carboxylic acids is 1. The number of aromatic nitrogens is 1. The van der Waals surface area contributed by atoms with Crippen molar-refractivity contribution in [3.63, 3.8) is 0 Å². The molecular formula is C11H16N2O2S. The molecule has 2 heterocycles. The summed E-state index contributed by atoms with van der Waals surface area (Å²) < 4.78 is 5.46. The third-order valence-corrected chi connectivity index (χ3v) is 3.59. The van der Waals surface area contributed by atoms with Crippen LogP contribution >= 0.6 is 11.3 Å². The van der Waals surface area contributed by atoms with Gasteiger partial charge in [0.1, 0.15) is 5.69 Å². The highest BCUT2D eigenvalue weighted by Crippen LogP contribution is 2.29. The number of anilines is 1. The summed E-state index contributed by atoms with van der Waals surface area (Å²) in [5, 5.41) is 2.74. The number of Topliss-reactive ketones (excluding diaryl/α,β-unsaturated/α-hetero) is 1. The molecule has 0 spiro atoms. The van der Waals surface area contributed by atoms with Crippen molar-refractivity contribution in [1.29, 1.82) is 0 Å². The molecular weight excluding hydrogens is 224 g/mol. The zero-order valence-corrected chi connectivity index (χ0v) is 10.6. The second-order valence-corrected chi connectivity index (χ2v) is 5.42. The molecule has 0 radical (unpaired) electrons. The van der Waals surface area contributed by atoms with Crippen molar-refractivity contribution in [3.05, 3.63) is 11.1 Å². The van der Waals surface area contributed by atoms with Crippen LogP contribution in [0.15, 0.2) is 5.38 Å². The summed E-state index contributed by atoms with van der Waals surface area (Å²) in [6.07, 6.45) is 0. The van der Waals surface area contributed by atoms with E-state index in [4.69, 9.17) is 4.74 Å². The predicted octanol–water partition coefficient (Wildman–Crippen LogP) is 1.96. The van der Waals surface area contributed by atoms with E-state index in [2.05, 4.69) is 23.7 Å². The fourth-order valence-electron chi connectivity index (χ4n) is 1.76. The minimum Gasteiger partial charge on any atom is -0.377 e. The number of ether oxygens (including phenoxy) is 1. The molecule has 0 amide bonds. The van der Waals surface area contributed by atoms with Crippen molar-refractivity contribution in [1.82, 2.24) is 4.98 Å². The summed E-state index contributed by atoms with van der Waals surface area (Å²) in [7, 11) is 0. The maximum Gasteiger partial charge on any atom is 0.186 e. The molecule has 0 saturated carbocycles. The average Bonchev–Trinajstić information content (AvgIpc) is 2.65. The van der Waals surface area contributed by atoms with Gasteiger partial charge < -0.3 is 9.64 Å². The Morgan fingerprint density at radius 3 is 2.94 bits per heavy atom. The first kappa shape index (κ1) is 11.5. The standard InChI is InChI=1S/C11H16N2O2S/c1-8(14)9-6-16-10(12-9)13-4-5-15-7-11(13,2)3/h6H,4-5,7H2,1-3H3. The second-order valence-electron chi connectivity index (χ2n) is 4.59. The van der Waals surface area contributed by atoms with Gasteiger partial charge in [0.05, 0.1) is 18.8 Å². The molecule has 1 aromatic rings. The number of hydrogen-bond acceptors (Lipinski definition) is 5. The molecule has 2 rings (SSSR count). The van der Waals surface area contributed by atoms with Gasteiger partial charge >= 0.3 is 0 Å². The Morgan fingerprint density at radius 1 is 1.62 bits per heavy atom. The van der Waals surface area contributed by atoms with Crippen LogP contribution in [0.5, 0.6) is 0 Å². The van der Waals surface area contributed by atoms with E-state index < -0.39 is 0 Å². The molecule has 88 valence electrons. The van der Waals surface area contributed by atoms with Crippen molar-refractivity contribution in [2.75, 3.05) is 24.7 Å². The van der Waals surface area contributed by atoms with Crippen LogP contribution in [-0.4, -0.2) is 36.1 Å². The zero-order valence-electron chi connectivity index (χ0n) is 9.82. The molecule has 0 unspecified atom stereocenters. The predicted molar refractivity (Wildman–Crippen MR) is 64.4 cm³/mol. The molecule has 1 aromatic heterocycles. The van der Waals surface area contributed by atoms with Crippen molar-refractivity contribution < 1.29 is 9.53 Å². The number of morpholine rings is 1. The molecule has 1 saturated heterocycles. The minimum absolute atomic E-state index is 0.0218. The van der Waals surface area contributed by atoms with E-state index in [1.807, 2.05) is 5.38 Å². The Morgan fingerprint density at radius 2 is 2.38 bits per heavy atom. The van der Waals surface area contributed by atoms with Gasteiger partial charge in [-0.2, -0.15) is 0 Å². The van der Waals surface area contributed by atoms with E-state index in [9.17, 15) is 4.79 Å². The van der Waals surface area contributed by atoms with Gasteiger partial charge in [0.2, 0.25) is 0 Å². The molecule has 0 atom stereocenters. The van der Waals surface area contributed by atoms with Crippen molar-refractivity contribution in [2.24, 2.45) is 0 Å². The zero-order chi connectivity index (χ0) is 11.8. The van der Waals surface area contributed by atoms with Crippen molar-refractivity contribution in [2.45, 2.75) is 26.3 Å². The van der Waals surface area contributed by atoms with Crippen molar-refractivity contribution in [3.8, 4) is 0 Å². The number of hydrogen-bond donors (Lipinski definition) is 0. The van der Waals surface area contributed by atoms with Gasteiger partial charge in [-0.05, 0) is 13.8 Å². The fourth-order valence-corrected chi connectivity index (χ4v) is 2.82. The highest BCUT2D eigenvalue weighted by molar-refractivity contribution is 7.14. The van der Waals surface area contributed by atoms with E-state index in [0.717, 1.165) is 18.3 Å². The molecule has 4 nitrogen and oxygen atoms in total. The Hall–Kier alpha value is -0.940. The molecule has 0 bridgehead atoms. The Labute approximate surface area is 99.2 Å². The smallest absolute Gasteiger partial charge is 0.186 e.